The van der Waals surface area contributed by atoms with Crippen LogP contribution in [0.3, 0.4) is 0 Å². The molecule has 154 valence electrons. The third-order valence-electron chi connectivity index (χ3n) is 4.45. The van der Waals surface area contributed by atoms with E-state index >= 15 is 0 Å². The van der Waals surface area contributed by atoms with E-state index in [0.717, 1.165) is 0 Å². The van der Waals surface area contributed by atoms with Gasteiger partial charge in [-0.2, -0.15) is 22.5 Å². The summed E-state index contributed by atoms with van der Waals surface area (Å²) in [4.78, 5) is 1.96. The molecule has 0 spiro atoms. The van der Waals surface area contributed by atoms with Crippen LogP contribution in [0.5, 0.6) is 0 Å². The number of benzene rings is 1. The average Bonchev–Trinajstić information content (AvgIpc) is 3.44. The van der Waals surface area contributed by atoms with Crippen LogP contribution in [0.2, 0.25) is 0 Å². The Bertz CT molecular complexity index is 946. The van der Waals surface area contributed by atoms with Gasteiger partial charge < -0.3 is 10.0 Å². The first-order valence-electron chi connectivity index (χ1n) is 8.92. The molecular weight excluding hydrogens is 496 g/mol. The predicted octanol–water partition coefficient (Wildman–Crippen LogP) is 2.86. The summed E-state index contributed by atoms with van der Waals surface area (Å²) in [5, 5.41) is 12.3. The van der Waals surface area contributed by atoms with Crippen LogP contribution >= 0.6 is 15.9 Å². The summed E-state index contributed by atoms with van der Waals surface area (Å²) in [6.45, 7) is 1.40. The van der Waals surface area contributed by atoms with Gasteiger partial charge in [0.25, 0.3) is 0 Å². The minimum absolute atomic E-state index is 0. The van der Waals surface area contributed by atoms with Gasteiger partial charge in [0.2, 0.25) is 10.0 Å². The molecule has 8 heteroatoms. The molecule has 0 amide bonds. The molecule has 0 unspecified atom stereocenters. The molecular formula is C21H21BrFeN2O3S. The van der Waals surface area contributed by atoms with Crippen molar-refractivity contribution >= 4 is 26.0 Å². The summed E-state index contributed by atoms with van der Waals surface area (Å²) < 4.78 is 27.4. The quantitative estimate of drug-likeness (QED) is 0.357. The second-order valence-electron chi connectivity index (χ2n) is 6.26. The maximum absolute atomic E-state index is 12.7. The molecule has 4 rings (SSSR count). The van der Waals surface area contributed by atoms with Crippen molar-refractivity contribution in [2.75, 3.05) is 26.2 Å². The van der Waals surface area contributed by atoms with E-state index in [1.807, 2.05) is 42.5 Å². The molecule has 0 atom stereocenters. The molecule has 0 radical (unpaired) electrons. The number of hydrogen-bond acceptors (Lipinski definition) is 4. The van der Waals surface area contributed by atoms with Gasteiger partial charge >= 0.3 is 17.1 Å². The van der Waals surface area contributed by atoms with E-state index < -0.39 is 10.0 Å². The zero-order valence-corrected chi connectivity index (χ0v) is 19.1. The zero-order valence-electron chi connectivity index (χ0n) is 15.6. The molecule has 0 bridgehead atoms. The smallest absolute Gasteiger partial charge is 0.860 e. The number of allylic oxidation sites excluding steroid dienone is 5. The van der Waals surface area contributed by atoms with Gasteiger partial charge in [-0.25, -0.2) is 20.6 Å². The Balaban J connectivity index is 0.000000437. The van der Waals surface area contributed by atoms with Crippen molar-refractivity contribution in [2.24, 2.45) is 0 Å². The standard InChI is InChI=1S/C16H17BrN2O3S.C5H5.Fe/c17-14-7-3-4-8-15(14)23(21,22)19-11-9-18(10-12-19)16(20)13-5-1-2-6-13;1-2-4-5-3-1;/h1-8,20H,9-12H2;1-5H;/q;-1;+2/p-1. The van der Waals surface area contributed by atoms with Gasteiger partial charge in [-0.1, -0.05) is 36.4 Å². The monoisotopic (exact) mass is 516 g/mol. The summed E-state index contributed by atoms with van der Waals surface area (Å²) in [7, 11) is -3.55. The first kappa shape index (κ1) is 23.6. The van der Waals surface area contributed by atoms with Crippen molar-refractivity contribution in [3.05, 3.63) is 94.8 Å². The maximum Gasteiger partial charge on any atom is 2.00 e. The molecule has 1 aliphatic heterocycles. The van der Waals surface area contributed by atoms with Crippen molar-refractivity contribution in [1.82, 2.24) is 9.21 Å². The zero-order chi connectivity index (χ0) is 20.0. The van der Waals surface area contributed by atoms with Gasteiger partial charge in [-0.15, -0.1) is 0 Å². The second kappa shape index (κ2) is 10.9. The van der Waals surface area contributed by atoms with Crippen molar-refractivity contribution in [2.45, 2.75) is 4.90 Å². The first-order chi connectivity index (χ1) is 13.5. The molecule has 0 N–H and O–H groups in total. The second-order valence-corrected chi connectivity index (χ2v) is 9.02. The summed E-state index contributed by atoms with van der Waals surface area (Å²) in [6, 6.07) is 16.8. The Labute approximate surface area is 191 Å². The first-order valence-corrected chi connectivity index (χ1v) is 11.2. The molecule has 0 aromatic heterocycles. The number of nitrogens with zero attached hydrogens (tertiary/aromatic N) is 2. The van der Waals surface area contributed by atoms with Crippen molar-refractivity contribution < 1.29 is 30.6 Å². The van der Waals surface area contributed by atoms with E-state index in [2.05, 4.69) is 15.9 Å². The predicted molar refractivity (Wildman–Crippen MR) is 112 cm³/mol. The minimum atomic E-state index is -3.55. The summed E-state index contributed by atoms with van der Waals surface area (Å²) >= 11 is 3.29. The molecule has 1 heterocycles. The fourth-order valence-corrected chi connectivity index (χ4v) is 5.33. The van der Waals surface area contributed by atoms with Crippen molar-refractivity contribution in [3.63, 3.8) is 0 Å². The Hall–Kier alpha value is -1.70. The van der Waals surface area contributed by atoms with Crippen LogP contribution in [0.4, 0.5) is 0 Å². The minimum Gasteiger partial charge on any atom is -0.860 e. The van der Waals surface area contributed by atoms with Crippen LogP contribution in [-0.4, -0.2) is 43.8 Å². The Morgan fingerprint density at radius 2 is 1.55 bits per heavy atom. The van der Waals surface area contributed by atoms with Gasteiger partial charge in [0, 0.05) is 30.7 Å². The Kier molecular flexibility index (Phi) is 8.86. The van der Waals surface area contributed by atoms with E-state index in [9.17, 15) is 13.5 Å². The number of halogens is 1. The van der Waals surface area contributed by atoms with Gasteiger partial charge in [0.1, 0.15) is 0 Å². The van der Waals surface area contributed by atoms with Crippen LogP contribution in [0.15, 0.2) is 99.7 Å². The molecule has 0 saturated carbocycles. The van der Waals surface area contributed by atoms with Crippen LogP contribution in [0.25, 0.3) is 0 Å². The van der Waals surface area contributed by atoms with Gasteiger partial charge in [0.05, 0.1) is 4.90 Å². The normalized spacial score (nSPS) is 16.2. The third-order valence-corrected chi connectivity index (χ3v) is 7.36. The fraction of sp³-hybridized carbons (Fsp3) is 0.190. The van der Waals surface area contributed by atoms with E-state index in [4.69, 9.17) is 0 Å². The Morgan fingerprint density at radius 3 is 2.07 bits per heavy atom. The molecule has 5 nitrogen and oxygen atoms in total. The van der Waals surface area contributed by atoms with Gasteiger partial charge in [-0.05, 0) is 39.5 Å². The summed E-state index contributed by atoms with van der Waals surface area (Å²) in [6.07, 6.45) is 7.18. The van der Waals surface area contributed by atoms with Crippen molar-refractivity contribution in [3.8, 4) is 0 Å². The summed E-state index contributed by atoms with van der Waals surface area (Å²) in [5.74, 6) is -0.0482. The van der Waals surface area contributed by atoms with Crippen molar-refractivity contribution in [1.29, 1.82) is 0 Å². The van der Waals surface area contributed by atoms with Crippen LogP contribution in [0.1, 0.15) is 0 Å². The molecule has 2 aromatic carbocycles. The SMILES string of the molecule is O=S(=O)(c1ccccc1Br)N1CCN(C([O-])=C2C=CC=C2)CC1.[Fe+2].c1cc[cH-]c1. The molecule has 2 aliphatic rings. The number of sulfonamides is 1. The topological polar surface area (TPSA) is 63.7 Å². The number of rotatable bonds is 3. The van der Waals surface area contributed by atoms with Crippen LogP contribution < -0.4 is 5.11 Å². The average molecular weight is 517 g/mol. The van der Waals surface area contributed by atoms with Gasteiger partial charge in [0.15, 0.2) is 0 Å². The summed E-state index contributed by atoms with van der Waals surface area (Å²) in [5.41, 5.74) is 0.645. The number of piperazine rings is 1. The molecule has 1 saturated heterocycles. The van der Waals surface area contributed by atoms with E-state index in [-0.39, 0.29) is 27.8 Å². The van der Waals surface area contributed by atoms with Gasteiger partial charge in [-0.3, -0.25) is 0 Å². The van der Waals surface area contributed by atoms with E-state index in [1.54, 1.807) is 41.3 Å². The van der Waals surface area contributed by atoms with Crippen LogP contribution in [0, 0.1) is 0 Å². The molecule has 1 fully saturated rings. The Morgan fingerprint density at radius 1 is 0.966 bits per heavy atom. The van der Waals surface area contributed by atoms with E-state index in [1.165, 1.54) is 4.31 Å². The number of hydrogen-bond donors (Lipinski definition) is 0. The maximum atomic E-state index is 12.7. The third kappa shape index (κ3) is 5.90. The molecule has 29 heavy (non-hydrogen) atoms. The molecule has 2 aromatic rings. The van der Waals surface area contributed by atoms with Crippen LogP contribution in [-0.2, 0) is 27.1 Å². The largest absolute Gasteiger partial charge is 2.00 e. The fourth-order valence-electron chi connectivity index (χ4n) is 2.94. The van der Waals surface area contributed by atoms with E-state index in [0.29, 0.717) is 36.2 Å². The molecule has 1 aliphatic carbocycles.